The molecule has 0 aromatic carbocycles. The summed E-state index contributed by atoms with van der Waals surface area (Å²) in [7, 11) is 0. The van der Waals surface area contributed by atoms with E-state index in [9.17, 15) is 13.2 Å². The van der Waals surface area contributed by atoms with E-state index in [1.54, 1.807) is 12.1 Å². The first-order valence-corrected chi connectivity index (χ1v) is 9.07. The van der Waals surface area contributed by atoms with Crippen molar-refractivity contribution in [3.05, 3.63) is 23.9 Å². The lowest BCUT2D eigenvalue weighted by Gasteiger charge is -2.38. The predicted molar refractivity (Wildman–Crippen MR) is 93.1 cm³/mol. The summed E-state index contributed by atoms with van der Waals surface area (Å²) in [6.45, 7) is 3.60. The summed E-state index contributed by atoms with van der Waals surface area (Å²) < 4.78 is 42.1. The fourth-order valence-corrected chi connectivity index (χ4v) is 3.61. The fourth-order valence-electron chi connectivity index (χ4n) is 3.61. The summed E-state index contributed by atoms with van der Waals surface area (Å²) in [6.07, 6.45) is 2.08. The molecule has 144 valence electrons. The molecule has 5 nitrogen and oxygen atoms in total. The minimum Gasteiger partial charge on any atom is -0.468 e. The quantitative estimate of drug-likeness (QED) is 0.638. The van der Waals surface area contributed by atoms with Crippen molar-refractivity contribution in [2.75, 3.05) is 26.2 Å². The van der Waals surface area contributed by atoms with Crippen LogP contribution in [-0.4, -0.2) is 48.3 Å². The van der Waals surface area contributed by atoms with Gasteiger partial charge in [0.25, 0.3) is 0 Å². The molecule has 1 N–H and O–H groups in total. The summed E-state index contributed by atoms with van der Waals surface area (Å²) >= 11 is 0. The Kier molecular flexibility index (Phi) is 5.58. The van der Waals surface area contributed by atoms with Crippen LogP contribution in [0.1, 0.15) is 38.2 Å². The smallest absolute Gasteiger partial charge is 0.422 e. The lowest BCUT2D eigenvalue weighted by molar-refractivity contribution is -0.154. The Balaban J connectivity index is 1.68. The number of hydrogen-bond acceptors (Lipinski definition) is 3. The SMILES string of the molecule is CCNC(=NCc1cccnc1OCC(F)(F)F)N1CCC2(CCC2)C1. The number of guanidine groups is 1. The zero-order valence-electron chi connectivity index (χ0n) is 15.0. The molecule has 0 radical (unpaired) electrons. The van der Waals surface area contributed by atoms with Crippen molar-refractivity contribution < 1.29 is 17.9 Å². The second kappa shape index (κ2) is 7.72. The maximum atomic E-state index is 12.4. The third-order valence-electron chi connectivity index (χ3n) is 5.11. The molecule has 1 aromatic heterocycles. The summed E-state index contributed by atoms with van der Waals surface area (Å²) in [5.74, 6) is 0.795. The molecule has 0 atom stereocenters. The second-order valence-electron chi connectivity index (χ2n) is 7.07. The van der Waals surface area contributed by atoms with E-state index >= 15 is 0 Å². The Bertz CT molecular complexity index is 644. The van der Waals surface area contributed by atoms with Crippen LogP contribution < -0.4 is 10.1 Å². The third kappa shape index (κ3) is 4.59. The molecule has 1 aliphatic heterocycles. The molecule has 0 bridgehead atoms. The molecule has 3 rings (SSSR count). The number of nitrogens with zero attached hydrogens (tertiary/aromatic N) is 3. The van der Waals surface area contributed by atoms with Crippen molar-refractivity contribution in [3.8, 4) is 5.88 Å². The summed E-state index contributed by atoms with van der Waals surface area (Å²) in [5, 5.41) is 3.29. The van der Waals surface area contributed by atoms with E-state index in [4.69, 9.17) is 4.74 Å². The predicted octanol–water partition coefficient (Wildman–Crippen LogP) is 3.36. The van der Waals surface area contributed by atoms with Crippen LogP contribution in [0, 0.1) is 5.41 Å². The van der Waals surface area contributed by atoms with Gasteiger partial charge in [0, 0.05) is 31.4 Å². The number of pyridine rings is 1. The largest absolute Gasteiger partial charge is 0.468 e. The highest BCUT2D eigenvalue weighted by Crippen LogP contribution is 2.47. The van der Waals surface area contributed by atoms with Crippen molar-refractivity contribution in [2.24, 2.45) is 10.4 Å². The number of aromatic nitrogens is 1. The van der Waals surface area contributed by atoms with Gasteiger partial charge < -0.3 is 15.0 Å². The van der Waals surface area contributed by atoms with Crippen LogP contribution in [0.15, 0.2) is 23.3 Å². The number of hydrogen-bond donors (Lipinski definition) is 1. The highest BCUT2D eigenvalue weighted by atomic mass is 19.4. The standard InChI is InChI=1S/C18H25F3N4O/c1-2-22-16(25-10-8-17(12-25)6-4-7-17)24-11-14-5-3-9-23-15(14)26-13-18(19,20)21/h3,5,9H,2,4,6-8,10-13H2,1H3,(H,22,24). The van der Waals surface area contributed by atoms with Gasteiger partial charge in [-0.05, 0) is 37.7 Å². The molecule has 1 aromatic rings. The molecule has 2 heterocycles. The number of aliphatic imine (C=N–C) groups is 1. The van der Waals surface area contributed by atoms with Crippen LogP contribution in [-0.2, 0) is 6.54 Å². The van der Waals surface area contributed by atoms with E-state index in [1.807, 2.05) is 6.92 Å². The zero-order chi connectivity index (χ0) is 18.6. The number of ether oxygens (including phenoxy) is 1. The Morgan fingerprint density at radius 1 is 1.38 bits per heavy atom. The number of nitrogens with one attached hydrogen (secondary N) is 1. The maximum Gasteiger partial charge on any atom is 0.422 e. The summed E-state index contributed by atoms with van der Waals surface area (Å²) in [4.78, 5) is 10.8. The molecule has 1 saturated carbocycles. The Morgan fingerprint density at radius 2 is 2.19 bits per heavy atom. The minimum atomic E-state index is -4.39. The van der Waals surface area contributed by atoms with Crippen LogP contribution in [0.2, 0.25) is 0 Å². The first kappa shape index (κ1) is 18.8. The molecular weight excluding hydrogens is 345 g/mol. The lowest BCUT2D eigenvalue weighted by atomic mass is 9.68. The highest BCUT2D eigenvalue weighted by Gasteiger charge is 2.43. The van der Waals surface area contributed by atoms with Crippen molar-refractivity contribution in [1.29, 1.82) is 0 Å². The normalized spacial score (nSPS) is 19.5. The van der Waals surface area contributed by atoms with Crippen molar-refractivity contribution in [3.63, 3.8) is 0 Å². The average Bonchev–Trinajstić information content (AvgIpc) is 3.03. The van der Waals surface area contributed by atoms with Gasteiger partial charge in [-0.25, -0.2) is 9.98 Å². The van der Waals surface area contributed by atoms with Gasteiger partial charge in [0.2, 0.25) is 5.88 Å². The van der Waals surface area contributed by atoms with Crippen molar-refractivity contribution in [1.82, 2.24) is 15.2 Å². The van der Waals surface area contributed by atoms with Gasteiger partial charge in [-0.2, -0.15) is 13.2 Å². The van der Waals surface area contributed by atoms with Crippen LogP contribution in [0.25, 0.3) is 0 Å². The van der Waals surface area contributed by atoms with E-state index in [-0.39, 0.29) is 12.4 Å². The maximum absolute atomic E-state index is 12.4. The molecule has 1 spiro atoms. The summed E-state index contributed by atoms with van der Waals surface area (Å²) in [6, 6.07) is 3.38. The van der Waals surface area contributed by atoms with E-state index < -0.39 is 12.8 Å². The molecular formula is C18H25F3N4O. The van der Waals surface area contributed by atoms with Gasteiger partial charge in [0.05, 0.1) is 6.54 Å². The van der Waals surface area contributed by atoms with Crippen LogP contribution >= 0.6 is 0 Å². The van der Waals surface area contributed by atoms with Gasteiger partial charge in [-0.15, -0.1) is 0 Å². The molecule has 26 heavy (non-hydrogen) atoms. The van der Waals surface area contributed by atoms with Crippen LogP contribution in [0.4, 0.5) is 13.2 Å². The van der Waals surface area contributed by atoms with Gasteiger partial charge in [-0.3, -0.25) is 0 Å². The monoisotopic (exact) mass is 370 g/mol. The second-order valence-corrected chi connectivity index (χ2v) is 7.07. The number of halogens is 3. The van der Waals surface area contributed by atoms with Crippen LogP contribution in [0.3, 0.4) is 0 Å². The van der Waals surface area contributed by atoms with Gasteiger partial charge in [-0.1, -0.05) is 12.5 Å². The molecule has 1 aliphatic carbocycles. The fraction of sp³-hybridized carbons (Fsp3) is 0.667. The van der Waals surface area contributed by atoms with Gasteiger partial charge >= 0.3 is 6.18 Å². The third-order valence-corrected chi connectivity index (χ3v) is 5.11. The van der Waals surface area contributed by atoms with E-state index in [1.165, 1.54) is 31.9 Å². The Hall–Kier alpha value is -1.99. The molecule has 2 aliphatic rings. The van der Waals surface area contributed by atoms with E-state index in [0.717, 1.165) is 25.6 Å². The number of alkyl halides is 3. The minimum absolute atomic E-state index is 0.0127. The number of rotatable bonds is 5. The molecule has 0 amide bonds. The molecule has 1 saturated heterocycles. The average molecular weight is 370 g/mol. The first-order valence-electron chi connectivity index (χ1n) is 9.07. The number of likely N-dealkylation sites (tertiary alicyclic amines) is 1. The van der Waals surface area contributed by atoms with E-state index in [0.29, 0.717) is 11.0 Å². The Morgan fingerprint density at radius 3 is 2.81 bits per heavy atom. The highest BCUT2D eigenvalue weighted by molar-refractivity contribution is 5.80. The zero-order valence-corrected chi connectivity index (χ0v) is 15.0. The van der Waals surface area contributed by atoms with E-state index in [2.05, 4.69) is 20.2 Å². The molecule has 2 fully saturated rings. The molecule has 0 unspecified atom stereocenters. The van der Waals surface area contributed by atoms with Crippen molar-refractivity contribution >= 4 is 5.96 Å². The first-order chi connectivity index (χ1) is 12.4. The van der Waals surface area contributed by atoms with Crippen LogP contribution in [0.5, 0.6) is 5.88 Å². The Labute approximate surface area is 151 Å². The van der Waals surface area contributed by atoms with Crippen molar-refractivity contribution in [2.45, 2.75) is 45.3 Å². The van der Waals surface area contributed by atoms with Gasteiger partial charge in [0.1, 0.15) is 0 Å². The summed E-state index contributed by atoms with van der Waals surface area (Å²) in [5.41, 5.74) is 0.996. The van der Waals surface area contributed by atoms with Gasteiger partial charge in [0.15, 0.2) is 12.6 Å². The lowest BCUT2D eigenvalue weighted by Crippen LogP contribution is -2.42. The molecule has 8 heteroatoms. The topological polar surface area (TPSA) is 49.8 Å².